The van der Waals surface area contributed by atoms with E-state index in [0.717, 1.165) is 5.56 Å². The number of aryl methyl sites for hydroxylation is 1. The Morgan fingerprint density at radius 1 is 1.00 bits per heavy atom. The monoisotopic (exact) mass is 376 g/mol. The first-order valence-corrected chi connectivity index (χ1v) is 8.79. The lowest BCUT2D eigenvalue weighted by Gasteiger charge is -2.09. The van der Waals surface area contributed by atoms with Crippen LogP contribution in [0, 0.1) is 18.8 Å². The second-order valence-corrected chi connectivity index (χ2v) is 7.05. The summed E-state index contributed by atoms with van der Waals surface area (Å²) in [6.45, 7) is 2.47. The van der Waals surface area contributed by atoms with E-state index in [0.29, 0.717) is 28.7 Å². The van der Waals surface area contributed by atoms with Gasteiger partial charge in [-0.2, -0.15) is 0 Å². The van der Waals surface area contributed by atoms with Gasteiger partial charge >= 0.3 is 0 Å². The Balaban J connectivity index is 1.52. The molecule has 0 spiro atoms. The van der Waals surface area contributed by atoms with Gasteiger partial charge in [0, 0.05) is 6.54 Å². The predicted octanol–water partition coefficient (Wildman–Crippen LogP) is 4.19. The number of hydrogen-bond acceptors (Lipinski definition) is 2. The normalized spacial score (nSPS) is 18.5. The highest BCUT2D eigenvalue weighted by Gasteiger charge is 2.48. The topological polar surface area (TPSA) is 58.2 Å². The smallest absolute Gasteiger partial charge is 0.228 e. The Morgan fingerprint density at radius 3 is 2.24 bits per heavy atom. The number of benzene rings is 2. The first-order chi connectivity index (χ1) is 12.0. The van der Waals surface area contributed by atoms with Crippen LogP contribution < -0.4 is 10.6 Å². The van der Waals surface area contributed by atoms with Gasteiger partial charge in [-0.15, -0.1) is 0 Å². The maximum Gasteiger partial charge on any atom is 0.228 e. The Labute approximate surface area is 156 Å². The molecule has 2 aromatic carbocycles. The molecule has 0 aliphatic heterocycles. The van der Waals surface area contributed by atoms with Crippen LogP contribution in [0.5, 0.6) is 0 Å². The van der Waals surface area contributed by atoms with Crippen molar-refractivity contribution < 1.29 is 9.59 Å². The van der Waals surface area contributed by atoms with Gasteiger partial charge in [-0.25, -0.2) is 0 Å². The van der Waals surface area contributed by atoms with E-state index in [1.165, 1.54) is 5.56 Å². The van der Waals surface area contributed by atoms with E-state index in [1.807, 2.05) is 31.2 Å². The third-order valence-electron chi connectivity index (χ3n) is 4.26. The molecule has 1 aliphatic rings. The summed E-state index contributed by atoms with van der Waals surface area (Å²) in [5.41, 5.74) is 2.59. The highest BCUT2D eigenvalue weighted by Crippen LogP contribution is 2.40. The number of carbonyl (C=O) groups is 2. The van der Waals surface area contributed by atoms with Gasteiger partial charge in [0.15, 0.2) is 0 Å². The van der Waals surface area contributed by atoms with E-state index in [4.69, 9.17) is 23.2 Å². The second-order valence-electron chi connectivity index (χ2n) is 6.24. The fourth-order valence-electron chi connectivity index (χ4n) is 2.63. The summed E-state index contributed by atoms with van der Waals surface area (Å²) in [5.74, 6) is -0.978. The number of hydrogen-bond donors (Lipinski definition) is 2. The Morgan fingerprint density at radius 2 is 1.60 bits per heavy atom. The molecule has 25 heavy (non-hydrogen) atoms. The minimum absolute atomic E-state index is 0.106. The fraction of sp³-hybridized carbons (Fsp3) is 0.263. The number of carbonyl (C=O) groups excluding carboxylic acids is 2. The summed E-state index contributed by atoms with van der Waals surface area (Å²) in [6.07, 6.45) is 0.535. The molecule has 4 nitrogen and oxygen atoms in total. The summed E-state index contributed by atoms with van der Waals surface area (Å²) < 4.78 is 0. The standard InChI is InChI=1S/C19H18Cl2N2O2/c1-11-5-7-12(8-6-11)10-22-18(24)13-9-14(13)19(25)23-17-15(20)3-2-4-16(17)21/h2-8,13-14H,9-10H2,1H3,(H,22,24)(H,23,25). The van der Waals surface area contributed by atoms with Crippen molar-refractivity contribution in [1.82, 2.24) is 5.32 Å². The van der Waals surface area contributed by atoms with Gasteiger partial charge in [0.1, 0.15) is 0 Å². The lowest BCUT2D eigenvalue weighted by Crippen LogP contribution is -2.27. The van der Waals surface area contributed by atoms with E-state index in [1.54, 1.807) is 18.2 Å². The number of amides is 2. The van der Waals surface area contributed by atoms with Crippen LogP contribution in [0.4, 0.5) is 5.69 Å². The number of rotatable bonds is 5. The molecule has 2 unspecified atom stereocenters. The van der Waals surface area contributed by atoms with Crippen molar-refractivity contribution in [2.45, 2.75) is 19.9 Å². The maximum absolute atomic E-state index is 12.3. The van der Waals surface area contributed by atoms with Gasteiger partial charge in [-0.1, -0.05) is 59.1 Å². The van der Waals surface area contributed by atoms with Gasteiger partial charge in [0.25, 0.3) is 0 Å². The van der Waals surface area contributed by atoms with Gasteiger partial charge < -0.3 is 10.6 Å². The van der Waals surface area contributed by atoms with Crippen LogP contribution in [0.3, 0.4) is 0 Å². The quantitative estimate of drug-likeness (QED) is 0.821. The molecule has 130 valence electrons. The van der Waals surface area contributed by atoms with Crippen LogP contribution in [-0.2, 0) is 16.1 Å². The zero-order chi connectivity index (χ0) is 18.0. The molecule has 0 saturated heterocycles. The van der Waals surface area contributed by atoms with Gasteiger partial charge in [-0.05, 0) is 31.0 Å². The zero-order valence-electron chi connectivity index (χ0n) is 13.7. The minimum atomic E-state index is -0.342. The van der Waals surface area contributed by atoms with Crippen molar-refractivity contribution in [3.05, 3.63) is 63.6 Å². The largest absolute Gasteiger partial charge is 0.352 e. The van der Waals surface area contributed by atoms with Crippen LogP contribution in [0.15, 0.2) is 42.5 Å². The van der Waals surface area contributed by atoms with Gasteiger partial charge in [0.05, 0.1) is 27.6 Å². The molecule has 0 aromatic heterocycles. The molecule has 3 rings (SSSR count). The van der Waals surface area contributed by atoms with E-state index in [2.05, 4.69) is 10.6 Å². The molecule has 1 fully saturated rings. The van der Waals surface area contributed by atoms with Crippen molar-refractivity contribution in [1.29, 1.82) is 0 Å². The summed E-state index contributed by atoms with van der Waals surface area (Å²) in [6, 6.07) is 13.0. The van der Waals surface area contributed by atoms with Crippen molar-refractivity contribution in [3.8, 4) is 0 Å². The van der Waals surface area contributed by atoms with Crippen molar-refractivity contribution >= 4 is 40.7 Å². The number of nitrogens with one attached hydrogen (secondary N) is 2. The third kappa shape index (κ3) is 4.33. The lowest BCUT2D eigenvalue weighted by atomic mass is 10.1. The van der Waals surface area contributed by atoms with E-state index in [9.17, 15) is 9.59 Å². The highest BCUT2D eigenvalue weighted by molar-refractivity contribution is 6.39. The Kier molecular flexibility index (Phi) is 5.30. The molecular formula is C19H18Cl2N2O2. The molecule has 2 atom stereocenters. The van der Waals surface area contributed by atoms with Gasteiger partial charge in [0.2, 0.25) is 11.8 Å². The fourth-order valence-corrected chi connectivity index (χ4v) is 3.13. The summed E-state index contributed by atoms with van der Waals surface area (Å²) >= 11 is 12.1. The first kappa shape index (κ1) is 17.8. The molecule has 1 aliphatic carbocycles. The van der Waals surface area contributed by atoms with Crippen LogP contribution in [0.2, 0.25) is 10.0 Å². The van der Waals surface area contributed by atoms with Crippen LogP contribution in [0.25, 0.3) is 0 Å². The predicted molar refractivity (Wildman–Crippen MR) is 99.7 cm³/mol. The number of para-hydroxylation sites is 1. The molecule has 6 heteroatoms. The maximum atomic E-state index is 12.3. The Hall–Kier alpha value is -2.04. The Bertz CT molecular complexity index is 785. The van der Waals surface area contributed by atoms with E-state index in [-0.39, 0.29) is 23.7 Å². The minimum Gasteiger partial charge on any atom is -0.352 e. The van der Waals surface area contributed by atoms with Gasteiger partial charge in [-0.3, -0.25) is 9.59 Å². The third-order valence-corrected chi connectivity index (χ3v) is 4.89. The van der Waals surface area contributed by atoms with Crippen molar-refractivity contribution in [3.63, 3.8) is 0 Å². The molecule has 2 amide bonds. The molecule has 2 N–H and O–H groups in total. The average molecular weight is 377 g/mol. The number of anilines is 1. The van der Waals surface area contributed by atoms with Crippen LogP contribution in [-0.4, -0.2) is 11.8 Å². The van der Waals surface area contributed by atoms with Crippen LogP contribution >= 0.6 is 23.2 Å². The highest BCUT2D eigenvalue weighted by atomic mass is 35.5. The van der Waals surface area contributed by atoms with Crippen LogP contribution in [0.1, 0.15) is 17.5 Å². The number of halogens is 2. The molecule has 0 heterocycles. The summed E-state index contributed by atoms with van der Waals surface area (Å²) in [4.78, 5) is 24.5. The van der Waals surface area contributed by atoms with E-state index < -0.39 is 0 Å². The average Bonchev–Trinajstić information content (AvgIpc) is 3.38. The van der Waals surface area contributed by atoms with E-state index >= 15 is 0 Å². The second kappa shape index (κ2) is 7.46. The summed E-state index contributed by atoms with van der Waals surface area (Å²) in [5, 5.41) is 6.36. The molecule has 0 radical (unpaired) electrons. The molecule has 2 aromatic rings. The van der Waals surface area contributed by atoms with Crippen molar-refractivity contribution in [2.24, 2.45) is 11.8 Å². The summed E-state index contributed by atoms with van der Waals surface area (Å²) in [7, 11) is 0. The van der Waals surface area contributed by atoms with Crippen molar-refractivity contribution in [2.75, 3.05) is 5.32 Å². The molecular weight excluding hydrogens is 359 g/mol. The zero-order valence-corrected chi connectivity index (χ0v) is 15.2. The molecule has 1 saturated carbocycles. The lowest BCUT2D eigenvalue weighted by molar-refractivity contribution is -0.125. The molecule has 0 bridgehead atoms. The first-order valence-electron chi connectivity index (χ1n) is 8.04. The SMILES string of the molecule is Cc1ccc(CNC(=O)C2CC2C(=O)Nc2c(Cl)cccc2Cl)cc1.